The Labute approximate surface area is 152 Å². The Balaban J connectivity index is 2.13. The molecule has 2 N–H and O–H groups in total. The van der Waals surface area contributed by atoms with Crippen molar-refractivity contribution in [2.75, 3.05) is 12.0 Å². The molecule has 141 valence electrons. The lowest BCUT2D eigenvalue weighted by molar-refractivity contribution is -0.778. The number of hydrogen-bond acceptors (Lipinski definition) is 5. The molecule has 0 saturated carbocycles. The molecule has 9 heteroatoms. The van der Waals surface area contributed by atoms with Crippen molar-refractivity contribution in [3.8, 4) is 0 Å². The van der Waals surface area contributed by atoms with Gasteiger partial charge in [0.1, 0.15) is 0 Å². The van der Waals surface area contributed by atoms with Gasteiger partial charge in [0.2, 0.25) is 12.2 Å². The van der Waals surface area contributed by atoms with Gasteiger partial charge in [-0.1, -0.05) is 0 Å². The number of thioether (sulfide) groups is 1. The summed E-state index contributed by atoms with van der Waals surface area (Å²) in [7, 11) is 0. The van der Waals surface area contributed by atoms with Gasteiger partial charge in [-0.05, 0) is 52.5 Å². The minimum atomic E-state index is -0.538. The van der Waals surface area contributed by atoms with Crippen LogP contribution in [0.3, 0.4) is 0 Å². The number of carbonyl (C=O) groups excluding carboxylic acids is 1. The zero-order valence-electron chi connectivity index (χ0n) is 15.5. The molecule has 1 saturated heterocycles. The summed E-state index contributed by atoms with van der Waals surface area (Å²) in [5.41, 5.74) is -1.16. The van der Waals surface area contributed by atoms with Crippen LogP contribution in [-0.4, -0.2) is 40.1 Å². The lowest BCUT2D eigenvalue weighted by Crippen LogP contribution is -2.63. The van der Waals surface area contributed by atoms with E-state index in [1.54, 1.807) is 11.8 Å². The molecule has 0 aliphatic carbocycles. The second kappa shape index (κ2) is 7.51. The van der Waals surface area contributed by atoms with Gasteiger partial charge >= 0.3 is 0 Å². The van der Waals surface area contributed by atoms with Crippen LogP contribution in [-0.2, 0) is 10.0 Å². The smallest absolute Gasteiger partial charge is 0.288 e. The van der Waals surface area contributed by atoms with Crippen LogP contribution < -0.4 is 20.8 Å². The van der Waals surface area contributed by atoms with Crippen LogP contribution in [0.5, 0.6) is 0 Å². The van der Waals surface area contributed by atoms with E-state index in [9.17, 15) is 10.0 Å². The highest BCUT2D eigenvalue weighted by Crippen LogP contribution is 2.37. The van der Waals surface area contributed by atoms with Crippen molar-refractivity contribution in [2.45, 2.75) is 70.1 Å². The molecular weight excluding hydrogens is 342 g/mol. The zero-order chi connectivity index (χ0) is 18.8. The summed E-state index contributed by atoms with van der Waals surface area (Å²) in [6.45, 7) is 7.63. The van der Waals surface area contributed by atoms with Gasteiger partial charge in [-0.2, -0.15) is 11.8 Å². The summed E-state index contributed by atoms with van der Waals surface area (Å²) in [4.78, 5) is 12.9. The summed E-state index contributed by atoms with van der Waals surface area (Å²) >= 11 is 1.65. The highest BCUT2D eigenvalue weighted by molar-refractivity contribution is 7.98. The normalized spacial score (nSPS) is 21.8. The van der Waals surface area contributed by atoms with E-state index in [2.05, 4.69) is 10.6 Å². The van der Waals surface area contributed by atoms with Crippen molar-refractivity contribution < 1.29 is 19.2 Å². The standard InChI is InChI=1S/C16H28N5O3S/c1-15(2)8-11(9-16(3,4)21(15)23)18-14(22)12(6-7-25-5)20-10-13(17)24-19-20/h10-12,17H,6-9H2,1-5H3,(H,18,22). The number of nitrogens with zero attached hydrogens (tertiary/aromatic N) is 3. The average molecular weight is 370 g/mol. The number of hydroxylamine groups is 2. The molecule has 1 radical (unpaired) electrons. The van der Waals surface area contributed by atoms with Crippen LogP contribution in [0.2, 0.25) is 0 Å². The van der Waals surface area contributed by atoms with Gasteiger partial charge in [-0.3, -0.25) is 15.5 Å². The molecule has 1 atom stereocenters. The minimum absolute atomic E-state index is 0.0797. The van der Waals surface area contributed by atoms with Crippen molar-refractivity contribution >= 4 is 17.7 Å². The van der Waals surface area contributed by atoms with Gasteiger partial charge in [0, 0.05) is 23.5 Å². The summed E-state index contributed by atoms with van der Waals surface area (Å²) < 4.78 is 6.20. The molecule has 0 aromatic carbocycles. The highest BCUT2D eigenvalue weighted by atomic mass is 32.2. The van der Waals surface area contributed by atoms with Crippen molar-refractivity contribution in [2.24, 2.45) is 0 Å². The number of amides is 1. The molecule has 1 aliphatic heterocycles. The number of rotatable bonds is 6. The molecule has 25 heavy (non-hydrogen) atoms. The van der Waals surface area contributed by atoms with Crippen molar-refractivity contribution in [3.63, 3.8) is 0 Å². The third-order valence-electron chi connectivity index (χ3n) is 4.64. The largest absolute Gasteiger partial charge is 0.487 e. The van der Waals surface area contributed by atoms with Gasteiger partial charge in [0.25, 0.3) is 11.5 Å². The Kier molecular flexibility index (Phi) is 6.01. The van der Waals surface area contributed by atoms with E-state index in [-0.39, 0.29) is 17.5 Å². The van der Waals surface area contributed by atoms with Gasteiger partial charge in [-0.15, -0.1) is 10.3 Å². The molecule has 1 aromatic heterocycles. The van der Waals surface area contributed by atoms with E-state index in [1.807, 2.05) is 34.0 Å². The number of hydrogen-bond donors (Lipinski definition) is 2. The summed E-state index contributed by atoms with van der Waals surface area (Å²) in [6.07, 6.45) is 5.17. The fourth-order valence-electron chi connectivity index (χ4n) is 3.68. The third-order valence-corrected chi connectivity index (χ3v) is 5.28. The first-order valence-electron chi connectivity index (χ1n) is 8.43. The predicted molar refractivity (Wildman–Crippen MR) is 92.0 cm³/mol. The number of aromatic nitrogens is 2. The van der Waals surface area contributed by atoms with Crippen LogP contribution in [0.4, 0.5) is 0 Å². The molecule has 1 fully saturated rings. The van der Waals surface area contributed by atoms with Crippen LogP contribution in [0.1, 0.15) is 53.0 Å². The first kappa shape index (κ1) is 20.0. The van der Waals surface area contributed by atoms with E-state index in [1.165, 1.54) is 10.9 Å². The van der Waals surface area contributed by atoms with Crippen molar-refractivity contribution in [3.05, 3.63) is 11.8 Å². The van der Waals surface area contributed by atoms with Crippen molar-refractivity contribution in [1.82, 2.24) is 15.7 Å². The Morgan fingerprint density at radius 3 is 2.56 bits per heavy atom. The van der Waals surface area contributed by atoms with Gasteiger partial charge in [0.05, 0.1) is 0 Å². The molecule has 1 aromatic rings. The molecule has 2 rings (SSSR count). The number of nitrogens with one attached hydrogen (secondary N) is 2. The second-order valence-electron chi connectivity index (χ2n) is 7.88. The maximum atomic E-state index is 12.9. The molecule has 2 heterocycles. The fraction of sp³-hybridized carbons (Fsp3) is 0.812. The SMILES string of the molecule is CSCCC(C(=O)NC1CC(C)(C)N([O])C(C)(C)C1)[n+]1cc(=N)o[n-]1. The second-order valence-corrected chi connectivity index (χ2v) is 8.86. The maximum absolute atomic E-state index is 12.9. The van der Waals surface area contributed by atoms with Gasteiger partial charge < -0.3 is 9.84 Å². The molecule has 0 bridgehead atoms. The molecule has 1 aliphatic rings. The van der Waals surface area contributed by atoms with E-state index in [0.29, 0.717) is 19.3 Å². The number of carbonyl (C=O) groups is 1. The topological polar surface area (TPSA) is 107 Å². The third kappa shape index (κ3) is 4.65. The molecule has 0 spiro atoms. The first-order chi connectivity index (χ1) is 11.6. The first-order valence-corrected chi connectivity index (χ1v) is 9.83. The lowest BCUT2D eigenvalue weighted by atomic mass is 9.79. The van der Waals surface area contributed by atoms with Crippen molar-refractivity contribution in [1.29, 1.82) is 5.41 Å². The minimum Gasteiger partial charge on any atom is -0.487 e. The van der Waals surface area contributed by atoms with Crippen LogP contribution in [0.15, 0.2) is 10.7 Å². The summed E-state index contributed by atoms with van der Waals surface area (Å²) in [6, 6.07) is -0.603. The summed E-state index contributed by atoms with van der Waals surface area (Å²) in [5, 5.41) is 27.9. The van der Waals surface area contributed by atoms with E-state index in [4.69, 9.17) is 9.93 Å². The molecule has 8 nitrogen and oxygen atoms in total. The van der Waals surface area contributed by atoms with Crippen LogP contribution in [0, 0.1) is 5.41 Å². The highest BCUT2D eigenvalue weighted by Gasteiger charge is 2.47. The summed E-state index contributed by atoms with van der Waals surface area (Å²) in [5.74, 6) is 0.643. The Morgan fingerprint density at radius 1 is 1.48 bits per heavy atom. The fourth-order valence-corrected chi connectivity index (χ4v) is 4.14. The quantitative estimate of drug-likeness (QED) is 0.720. The van der Waals surface area contributed by atoms with Crippen LogP contribution >= 0.6 is 11.8 Å². The Hall–Kier alpha value is -1.32. The van der Waals surface area contributed by atoms with E-state index >= 15 is 0 Å². The molecule has 1 amide bonds. The van der Waals surface area contributed by atoms with E-state index in [0.717, 1.165) is 10.8 Å². The lowest BCUT2D eigenvalue weighted by Gasteiger charge is -2.50. The molecular formula is C16H28N5O3S. The Morgan fingerprint density at radius 2 is 2.08 bits per heavy atom. The number of piperidine rings is 1. The van der Waals surface area contributed by atoms with Crippen LogP contribution in [0.25, 0.3) is 0 Å². The Bertz CT molecular complexity index is 636. The zero-order valence-corrected chi connectivity index (χ0v) is 16.4. The van der Waals surface area contributed by atoms with E-state index < -0.39 is 17.1 Å². The molecule has 1 unspecified atom stereocenters. The predicted octanol–water partition coefficient (Wildman–Crippen LogP) is 0.781. The average Bonchev–Trinajstić information content (AvgIpc) is 2.91. The maximum Gasteiger partial charge on any atom is 0.288 e. The van der Waals surface area contributed by atoms with Gasteiger partial charge in [-0.25, -0.2) is 4.68 Å². The monoisotopic (exact) mass is 370 g/mol. The van der Waals surface area contributed by atoms with Gasteiger partial charge in [0.15, 0.2) is 0 Å².